The topological polar surface area (TPSA) is 18.5 Å². The van der Waals surface area contributed by atoms with Crippen molar-refractivity contribution in [3.05, 3.63) is 33.3 Å². The highest BCUT2D eigenvalue weighted by Gasteiger charge is 2.80. The highest BCUT2D eigenvalue weighted by atomic mass is 79.9. The maximum Gasteiger partial charge on any atom is 0.208 e. The molecule has 0 aromatic carbocycles. The van der Waals surface area contributed by atoms with E-state index in [-0.39, 0.29) is 0 Å². The van der Waals surface area contributed by atoms with E-state index in [1.54, 1.807) is 14.2 Å². The third-order valence-corrected chi connectivity index (χ3v) is 11.1. The molecule has 3 unspecified atom stereocenters. The summed E-state index contributed by atoms with van der Waals surface area (Å²) in [4.78, 5) is 0. The zero-order chi connectivity index (χ0) is 14.8. The van der Waals surface area contributed by atoms with Crippen LogP contribution in [-0.2, 0) is 9.47 Å². The molecule has 3 atom stereocenters. The summed E-state index contributed by atoms with van der Waals surface area (Å²) < 4.78 is 13.1. The van der Waals surface area contributed by atoms with Crippen LogP contribution in [0.15, 0.2) is 33.3 Å². The molecule has 3 rings (SSSR count). The molecule has 1 saturated carbocycles. The van der Waals surface area contributed by atoms with Gasteiger partial charge in [0.05, 0.1) is 0 Å². The third-order valence-electron chi connectivity index (χ3n) is 4.69. The number of ether oxygens (including phenoxy) is 2. The molecule has 0 spiro atoms. The molecule has 3 aliphatic rings. The smallest absolute Gasteiger partial charge is 0.208 e. The van der Waals surface area contributed by atoms with Gasteiger partial charge in [-0.25, -0.2) is 0 Å². The van der Waals surface area contributed by atoms with Crippen LogP contribution in [0.5, 0.6) is 0 Å². The van der Waals surface area contributed by atoms with Gasteiger partial charge in [0.15, 0.2) is 0 Å². The second kappa shape index (κ2) is 5.03. The van der Waals surface area contributed by atoms with Crippen LogP contribution >= 0.6 is 63.7 Å². The van der Waals surface area contributed by atoms with Crippen molar-refractivity contribution in [3.63, 3.8) is 0 Å². The third kappa shape index (κ3) is 1.56. The van der Waals surface area contributed by atoms with Crippen LogP contribution in [0.3, 0.4) is 0 Å². The minimum atomic E-state index is -0.799. The number of alkyl halides is 2. The Morgan fingerprint density at radius 2 is 1.60 bits per heavy atom. The van der Waals surface area contributed by atoms with E-state index in [1.165, 1.54) is 0 Å². The summed E-state index contributed by atoms with van der Waals surface area (Å²) in [5, 5.41) is 0. The van der Waals surface area contributed by atoms with Gasteiger partial charge in [0, 0.05) is 29.1 Å². The summed E-state index contributed by atoms with van der Waals surface area (Å²) in [5.74, 6) is -0.105. The lowest BCUT2D eigenvalue weighted by Gasteiger charge is -2.42. The summed E-state index contributed by atoms with van der Waals surface area (Å²) in [6.45, 7) is 0. The van der Waals surface area contributed by atoms with Gasteiger partial charge in [-0.2, -0.15) is 0 Å². The molecule has 0 aromatic heterocycles. The van der Waals surface area contributed by atoms with Gasteiger partial charge in [0.25, 0.3) is 0 Å². The zero-order valence-corrected chi connectivity index (χ0v) is 17.3. The summed E-state index contributed by atoms with van der Waals surface area (Å²) in [7, 11) is 3.40. The monoisotopic (exact) mass is 530 g/mol. The van der Waals surface area contributed by atoms with Crippen LogP contribution < -0.4 is 0 Å². The van der Waals surface area contributed by atoms with Gasteiger partial charge in [-0.05, 0) is 12.3 Å². The second-order valence-corrected chi connectivity index (χ2v) is 9.51. The first kappa shape index (κ1) is 15.9. The van der Waals surface area contributed by atoms with Crippen molar-refractivity contribution in [2.45, 2.75) is 20.9 Å². The van der Waals surface area contributed by atoms with E-state index >= 15 is 0 Å². The lowest BCUT2D eigenvalue weighted by Crippen LogP contribution is -2.56. The molecule has 3 aliphatic carbocycles. The van der Waals surface area contributed by atoms with Crippen LogP contribution in [-0.4, -0.2) is 28.7 Å². The molecule has 0 aromatic rings. The summed E-state index contributed by atoms with van der Waals surface area (Å²) in [5.41, 5.74) is 0. The summed E-state index contributed by atoms with van der Waals surface area (Å²) >= 11 is 15.3. The zero-order valence-electron chi connectivity index (χ0n) is 11.0. The van der Waals surface area contributed by atoms with Gasteiger partial charge in [-0.3, -0.25) is 0 Å². The first-order chi connectivity index (χ1) is 9.39. The molecule has 0 N–H and O–H groups in total. The molecule has 1 fully saturated rings. The Morgan fingerprint density at radius 3 is 2.05 bits per heavy atom. The quantitative estimate of drug-likeness (QED) is 0.375. The Balaban J connectivity index is 2.19. The van der Waals surface area contributed by atoms with Crippen molar-refractivity contribution in [2.75, 3.05) is 14.2 Å². The molecule has 2 bridgehead atoms. The van der Waals surface area contributed by atoms with Gasteiger partial charge in [-0.15, -0.1) is 0 Å². The van der Waals surface area contributed by atoms with Crippen LogP contribution in [0.4, 0.5) is 0 Å². The van der Waals surface area contributed by atoms with Crippen molar-refractivity contribution in [3.8, 4) is 0 Å². The van der Waals surface area contributed by atoms with E-state index in [9.17, 15) is 0 Å². The Hall–Kier alpha value is 1.06. The summed E-state index contributed by atoms with van der Waals surface area (Å²) in [6.07, 6.45) is 9.57. The fourth-order valence-electron chi connectivity index (χ4n) is 3.81. The molecule has 0 aliphatic heterocycles. The predicted molar refractivity (Wildman–Crippen MR) is 94.8 cm³/mol. The number of methoxy groups -OCH3 is 2. The molecule has 0 saturated heterocycles. The SMILES string of the molecule is COC1(OC)C2(Br)CC(C3C=CC=C3)C1(Br)C(Br)=C2Br. The van der Waals surface area contributed by atoms with Gasteiger partial charge < -0.3 is 9.47 Å². The molecular weight excluding hydrogens is 520 g/mol. The average molecular weight is 534 g/mol. The summed E-state index contributed by atoms with van der Waals surface area (Å²) in [6, 6.07) is 0. The van der Waals surface area contributed by atoms with Crippen molar-refractivity contribution in [2.24, 2.45) is 11.8 Å². The number of allylic oxidation sites excluding steroid dienone is 4. The Kier molecular flexibility index (Phi) is 4.01. The molecule has 0 amide bonds. The lowest BCUT2D eigenvalue weighted by molar-refractivity contribution is -0.213. The average Bonchev–Trinajstić information content (AvgIpc) is 3.05. The molecule has 0 heterocycles. The number of hydrogen-bond donors (Lipinski definition) is 0. The second-order valence-electron chi connectivity index (χ2n) is 5.32. The Labute approximate surface area is 152 Å². The van der Waals surface area contributed by atoms with Crippen molar-refractivity contribution in [1.29, 1.82) is 0 Å². The minimum Gasteiger partial charge on any atom is -0.350 e. The van der Waals surface area contributed by atoms with Gasteiger partial charge in [0.1, 0.15) is 8.65 Å². The first-order valence-electron chi connectivity index (χ1n) is 6.28. The van der Waals surface area contributed by atoms with Gasteiger partial charge in [-0.1, -0.05) is 88.0 Å². The van der Waals surface area contributed by atoms with E-state index in [2.05, 4.69) is 88.0 Å². The maximum atomic E-state index is 5.91. The van der Waals surface area contributed by atoms with Crippen LogP contribution in [0, 0.1) is 11.8 Å². The lowest BCUT2D eigenvalue weighted by atomic mass is 9.82. The van der Waals surface area contributed by atoms with E-state index in [1.807, 2.05) is 0 Å². The molecule has 6 heteroatoms. The largest absolute Gasteiger partial charge is 0.350 e. The molecule has 20 heavy (non-hydrogen) atoms. The molecule has 0 radical (unpaired) electrons. The van der Waals surface area contributed by atoms with E-state index in [4.69, 9.17) is 9.47 Å². The van der Waals surface area contributed by atoms with Crippen molar-refractivity contribution < 1.29 is 9.47 Å². The molecular formula is C14H14Br4O2. The van der Waals surface area contributed by atoms with Crippen LogP contribution in [0.1, 0.15) is 6.42 Å². The number of hydrogen-bond acceptors (Lipinski definition) is 2. The minimum absolute atomic E-state index is 0.326. The van der Waals surface area contributed by atoms with Crippen LogP contribution in [0.2, 0.25) is 0 Å². The highest BCUT2D eigenvalue weighted by molar-refractivity contribution is 9.16. The maximum absolute atomic E-state index is 5.91. The van der Waals surface area contributed by atoms with E-state index in [0.29, 0.717) is 11.8 Å². The molecule has 110 valence electrons. The molecule has 2 nitrogen and oxygen atoms in total. The van der Waals surface area contributed by atoms with Crippen LogP contribution in [0.25, 0.3) is 0 Å². The fourth-order valence-corrected chi connectivity index (χ4v) is 8.75. The Morgan fingerprint density at radius 1 is 1.05 bits per heavy atom. The van der Waals surface area contributed by atoms with E-state index < -0.39 is 14.4 Å². The van der Waals surface area contributed by atoms with Gasteiger partial charge in [0.2, 0.25) is 5.79 Å². The first-order valence-corrected chi connectivity index (χ1v) is 9.45. The number of halogens is 4. The fraction of sp³-hybridized carbons (Fsp3) is 0.571. The predicted octanol–water partition coefficient (Wildman–Crippen LogP) is 5.02. The normalized spacial score (nSPS) is 42.2. The Bertz CT molecular complexity index is 525. The van der Waals surface area contributed by atoms with Crippen molar-refractivity contribution >= 4 is 63.7 Å². The van der Waals surface area contributed by atoms with Gasteiger partial charge >= 0.3 is 0 Å². The number of rotatable bonds is 3. The van der Waals surface area contributed by atoms with E-state index in [0.717, 1.165) is 15.4 Å². The van der Waals surface area contributed by atoms with Crippen molar-refractivity contribution in [1.82, 2.24) is 0 Å². The number of fused-ring (bicyclic) bond motifs is 2. The standard InChI is InChI=1S/C14H14Br4O2/c1-19-14(20-2)12(17)7-9(8-5-3-4-6-8)13(14,18)11(16)10(12)15/h3-6,8-9H,7H2,1-2H3. The highest BCUT2D eigenvalue weighted by Crippen LogP contribution is 2.75.